The van der Waals surface area contributed by atoms with Crippen molar-refractivity contribution >= 4 is 17.7 Å². The number of benzene rings is 1. The molecule has 5 rings (SSSR count). The van der Waals surface area contributed by atoms with E-state index in [-0.39, 0.29) is 24.1 Å². The summed E-state index contributed by atoms with van der Waals surface area (Å²) < 4.78 is 6.17. The van der Waals surface area contributed by atoms with Crippen molar-refractivity contribution in [2.75, 3.05) is 45.9 Å². The summed E-state index contributed by atoms with van der Waals surface area (Å²) in [5.74, 6) is 0.852. The molecular weight excluding hydrogens is 444 g/mol. The summed E-state index contributed by atoms with van der Waals surface area (Å²) in [4.78, 5) is 43.5. The minimum Gasteiger partial charge on any atom is -0.492 e. The van der Waals surface area contributed by atoms with Gasteiger partial charge in [-0.15, -0.1) is 0 Å². The summed E-state index contributed by atoms with van der Waals surface area (Å²) >= 11 is 0. The smallest absolute Gasteiger partial charge is 0.255 e. The molecule has 3 heterocycles. The molecule has 35 heavy (non-hydrogen) atoms. The first-order valence-electron chi connectivity index (χ1n) is 13.4. The molecule has 3 fully saturated rings. The van der Waals surface area contributed by atoms with Gasteiger partial charge in [0.15, 0.2) is 0 Å². The normalized spacial score (nSPS) is 24.5. The highest BCUT2D eigenvalue weighted by Crippen LogP contribution is 2.33. The molecule has 0 spiro atoms. The summed E-state index contributed by atoms with van der Waals surface area (Å²) in [5.41, 5.74) is 1.44. The number of piperidine rings is 1. The van der Waals surface area contributed by atoms with Crippen molar-refractivity contribution in [1.29, 1.82) is 0 Å². The molecule has 1 saturated carbocycles. The number of imide groups is 1. The molecule has 4 aliphatic rings. The Morgan fingerprint density at radius 1 is 0.914 bits per heavy atom. The van der Waals surface area contributed by atoms with Gasteiger partial charge in [-0.2, -0.15) is 0 Å². The lowest BCUT2D eigenvalue weighted by Gasteiger charge is -2.29. The Balaban J connectivity index is 1.11. The van der Waals surface area contributed by atoms with Crippen LogP contribution < -0.4 is 10.1 Å². The zero-order valence-electron chi connectivity index (χ0n) is 20.7. The van der Waals surface area contributed by atoms with Crippen LogP contribution in [0.5, 0.6) is 5.75 Å². The topological polar surface area (TPSA) is 82.2 Å². The summed E-state index contributed by atoms with van der Waals surface area (Å²) in [6, 6.07) is 4.95. The first-order chi connectivity index (χ1) is 17.1. The molecule has 1 aromatic rings. The fourth-order valence-corrected chi connectivity index (χ4v) is 6.11. The average molecular weight is 483 g/mol. The molecule has 190 valence electrons. The fraction of sp³-hybridized carbons (Fsp3) is 0.667. The van der Waals surface area contributed by atoms with Gasteiger partial charge in [-0.25, -0.2) is 0 Å². The number of nitrogens with one attached hydrogen (secondary N) is 1. The molecule has 0 bridgehead atoms. The van der Waals surface area contributed by atoms with Crippen LogP contribution in [0.1, 0.15) is 67.3 Å². The van der Waals surface area contributed by atoms with Gasteiger partial charge in [0.25, 0.3) is 5.91 Å². The van der Waals surface area contributed by atoms with E-state index in [1.807, 2.05) is 12.1 Å². The molecule has 1 aliphatic carbocycles. The van der Waals surface area contributed by atoms with Crippen LogP contribution in [0.4, 0.5) is 0 Å². The van der Waals surface area contributed by atoms with Crippen molar-refractivity contribution in [3.05, 3.63) is 29.3 Å². The van der Waals surface area contributed by atoms with Crippen LogP contribution in [0.15, 0.2) is 18.2 Å². The highest BCUT2D eigenvalue weighted by molar-refractivity contribution is 6.05. The highest BCUT2D eigenvalue weighted by atomic mass is 16.5. The van der Waals surface area contributed by atoms with E-state index in [9.17, 15) is 14.4 Å². The number of rotatable bonds is 8. The summed E-state index contributed by atoms with van der Waals surface area (Å²) in [6.45, 7) is 7.51. The van der Waals surface area contributed by atoms with Crippen molar-refractivity contribution in [2.24, 2.45) is 5.92 Å². The molecule has 1 aromatic carbocycles. The zero-order valence-corrected chi connectivity index (χ0v) is 20.7. The number of fused-ring (bicyclic) bond motifs is 1. The van der Waals surface area contributed by atoms with E-state index in [0.29, 0.717) is 25.1 Å². The van der Waals surface area contributed by atoms with Gasteiger partial charge in [-0.1, -0.05) is 31.7 Å². The van der Waals surface area contributed by atoms with Crippen LogP contribution in [-0.4, -0.2) is 84.3 Å². The Labute approximate surface area is 207 Å². The molecule has 1 atom stereocenters. The second kappa shape index (κ2) is 11.1. The van der Waals surface area contributed by atoms with E-state index >= 15 is 0 Å². The van der Waals surface area contributed by atoms with Gasteiger partial charge in [-0.05, 0) is 56.9 Å². The van der Waals surface area contributed by atoms with E-state index in [1.54, 1.807) is 11.0 Å². The number of hydrogen-bond donors (Lipinski definition) is 1. The maximum atomic E-state index is 13.0. The maximum Gasteiger partial charge on any atom is 0.255 e. The lowest BCUT2D eigenvalue weighted by molar-refractivity contribution is -0.136. The number of hydrogen-bond acceptors (Lipinski definition) is 6. The molecular formula is C27H38N4O4. The van der Waals surface area contributed by atoms with Gasteiger partial charge < -0.3 is 14.5 Å². The molecule has 1 N–H and O–H groups in total. The molecule has 8 heteroatoms. The Morgan fingerprint density at radius 3 is 2.46 bits per heavy atom. The monoisotopic (exact) mass is 482 g/mol. The van der Waals surface area contributed by atoms with Crippen LogP contribution in [0.3, 0.4) is 0 Å². The average Bonchev–Trinajstić information content (AvgIpc) is 3.42. The molecule has 3 aliphatic heterocycles. The third kappa shape index (κ3) is 5.70. The Morgan fingerprint density at radius 2 is 1.69 bits per heavy atom. The standard InChI is InChI=1S/C27H38N4O4/c32-25-10-9-23(26(33)28-25)31-19-22-21(27(31)34)7-3-8-24(22)35-18-17-30-13-4-12-29(15-16-30)14-11-20-5-1-2-6-20/h3,7-8,20,23H,1-2,4-6,9-19H2,(H,28,32,33). The summed E-state index contributed by atoms with van der Waals surface area (Å²) in [5, 5.41) is 2.36. The second-order valence-electron chi connectivity index (χ2n) is 10.5. The van der Waals surface area contributed by atoms with Gasteiger partial charge >= 0.3 is 0 Å². The second-order valence-corrected chi connectivity index (χ2v) is 10.5. The number of amides is 3. The minimum atomic E-state index is -0.603. The Hall–Kier alpha value is -2.45. The third-order valence-corrected chi connectivity index (χ3v) is 8.21. The quantitative estimate of drug-likeness (QED) is 0.573. The zero-order chi connectivity index (χ0) is 24.2. The largest absolute Gasteiger partial charge is 0.492 e. The molecule has 0 radical (unpaired) electrons. The van der Waals surface area contributed by atoms with E-state index in [1.165, 1.54) is 51.6 Å². The van der Waals surface area contributed by atoms with Crippen LogP contribution in [0.2, 0.25) is 0 Å². The molecule has 8 nitrogen and oxygen atoms in total. The number of nitrogens with zero attached hydrogens (tertiary/aromatic N) is 3. The predicted molar refractivity (Wildman–Crippen MR) is 132 cm³/mol. The van der Waals surface area contributed by atoms with Crippen molar-refractivity contribution in [1.82, 2.24) is 20.0 Å². The van der Waals surface area contributed by atoms with Crippen LogP contribution in [-0.2, 0) is 16.1 Å². The van der Waals surface area contributed by atoms with Crippen LogP contribution in [0.25, 0.3) is 0 Å². The van der Waals surface area contributed by atoms with Crippen LogP contribution >= 0.6 is 0 Å². The lowest BCUT2D eigenvalue weighted by atomic mass is 10.0. The van der Waals surface area contributed by atoms with Gasteiger partial charge in [-0.3, -0.25) is 24.6 Å². The number of ether oxygens (including phenoxy) is 1. The summed E-state index contributed by atoms with van der Waals surface area (Å²) in [6.07, 6.45) is 8.88. The van der Waals surface area contributed by atoms with Crippen molar-refractivity contribution in [2.45, 2.75) is 64.0 Å². The first kappa shape index (κ1) is 24.3. The third-order valence-electron chi connectivity index (χ3n) is 8.21. The van der Waals surface area contributed by atoms with E-state index in [0.717, 1.165) is 43.4 Å². The number of carbonyl (C=O) groups excluding carboxylic acids is 3. The van der Waals surface area contributed by atoms with Gasteiger partial charge in [0.2, 0.25) is 11.8 Å². The van der Waals surface area contributed by atoms with Gasteiger partial charge in [0.05, 0.1) is 6.54 Å². The van der Waals surface area contributed by atoms with E-state index in [2.05, 4.69) is 15.1 Å². The van der Waals surface area contributed by atoms with Gasteiger partial charge in [0.1, 0.15) is 18.4 Å². The van der Waals surface area contributed by atoms with Crippen molar-refractivity contribution < 1.29 is 19.1 Å². The highest BCUT2D eigenvalue weighted by Gasteiger charge is 2.40. The van der Waals surface area contributed by atoms with Crippen molar-refractivity contribution in [3.8, 4) is 5.75 Å². The van der Waals surface area contributed by atoms with E-state index < -0.39 is 6.04 Å². The molecule has 3 amide bonds. The van der Waals surface area contributed by atoms with Crippen LogP contribution in [0, 0.1) is 5.92 Å². The van der Waals surface area contributed by atoms with E-state index in [4.69, 9.17) is 4.74 Å². The summed E-state index contributed by atoms with van der Waals surface area (Å²) in [7, 11) is 0. The molecule has 2 saturated heterocycles. The first-order valence-corrected chi connectivity index (χ1v) is 13.4. The maximum absolute atomic E-state index is 13.0. The Bertz CT molecular complexity index is 945. The SMILES string of the molecule is O=C1CCC(N2Cc3c(OCCN4CCCN(CCC5CCCC5)CC4)cccc3C2=O)C(=O)N1. The van der Waals surface area contributed by atoms with Crippen molar-refractivity contribution in [3.63, 3.8) is 0 Å². The number of carbonyl (C=O) groups is 3. The minimum absolute atomic E-state index is 0.162. The fourth-order valence-electron chi connectivity index (χ4n) is 6.11. The molecule has 1 unspecified atom stereocenters. The van der Waals surface area contributed by atoms with Gasteiger partial charge in [0, 0.05) is 37.2 Å². The predicted octanol–water partition coefficient (Wildman–Crippen LogP) is 2.41. The Kier molecular flexibility index (Phi) is 7.68. The molecule has 0 aromatic heterocycles. The lowest BCUT2D eigenvalue weighted by Crippen LogP contribution is -2.52.